The largest absolute Gasteiger partial charge is 0.420 e. The summed E-state index contributed by atoms with van der Waals surface area (Å²) >= 11 is 5.38. The van der Waals surface area contributed by atoms with Crippen LogP contribution in [0.2, 0.25) is 5.15 Å². The number of halogens is 4. The number of hydrogen-bond donors (Lipinski definition) is 0. The van der Waals surface area contributed by atoms with Crippen LogP contribution in [0.15, 0.2) is 6.20 Å². The molecule has 1 rings (SSSR count). The highest BCUT2D eigenvalue weighted by Crippen LogP contribution is 2.32. The van der Waals surface area contributed by atoms with Gasteiger partial charge in [-0.15, -0.1) is 0 Å². The zero-order valence-corrected chi connectivity index (χ0v) is 8.15. The van der Waals surface area contributed by atoms with Crippen molar-refractivity contribution in [3.05, 3.63) is 22.7 Å². The van der Waals surface area contributed by atoms with Gasteiger partial charge in [-0.1, -0.05) is 18.5 Å². The van der Waals surface area contributed by atoms with Crippen LogP contribution < -0.4 is 0 Å². The first-order valence-corrected chi connectivity index (χ1v) is 4.41. The smallest absolute Gasteiger partial charge is 0.241 e. The molecule has 0 saturated carbocycles. The molecular formula is C8H8ClF3N2. The molecule has 2 nitrogen and oxygen atoms in total. The molecule has 0 spiro atoms. The number of hydrogen-bond acceptors (Lipinski definition) is 2. The van der Waals surface area contributed by atoms with Crippen molar-refractivity contribution in [3.63, 3.8) is 0 Å². The molecule has 0 atom stereocenters. The first-order valence-electron chi connectivity index (χ1n) is 4.03. The number of alkyl halides is 3. The summed E-state index contributed by atoms with van der Waals surface area (Å²) in [6.45, 7) is 1.88. The molecule has 14 heavy (non-hydrogen) atoms. The van der Waals surface area contributed by atoms with Gasteiger partial charge in [-0.3, -0.25) is 0 Å². The van der Waals surface area contributed by atoms with Crippen molar-refractivity contribution in [2.24, 2.45) is 0 Å². The van der Waals surface area contributed by atoms with Crippen LogP contribution in [0.5, 0.6) is 0 Å². The van der Waals surface area contributed by atoms with Gasteiger partial charge in [-0.05, 0) is 6.42 Å². The highest BCUT2D eigenvalue weighted by molar-refractivity contribution is 6.30. The highest BCUT2D eigenvalue weighted by Gasteiger charge is 2.34. The minimum Gasteiger partial charge on any atom is -0.241 e. The van der Waals surface area contributed by atoms with Crippen molar-refractivity contribution in [2.75, 3.05) is 0 Å². The van der Waals surface area contributed by atoms with Crippen molar-refractivity contribution in [1.29, 1.82) is 0 Å². The van der Waals surface area contributed by atoms with Gasteiger partial charge < -0.3 is 0 Å². The van der Waals surface area contributed by atoms with E-state index in [0.29, 0.717) is 12.2 Å². The normalized spacial score (nSPS) is 11.8. The fourth-order valence-electron chi connectivity index (χ4n) is 0.929. The Labute approximate surface area is 84.1 Å². The SMILES string of the molecule is CCCc1ncc(C(F)(F)F)c(Cl)n1. The monoisotopic (exact) mass is 224 g/mol. The van der Waals surface area contributed by atoms with Gasteiger partial charge in [0.25, 0.3) is 0 Å². The summed E-state index contributed by atoms with van der Waals surface area (Å²) in [6, 6.07) is 0. The van der Waals surface area contributed by atoms with Crippen LogP contribution in [-0.2, 0) is 12.6 Å². The molecule has 0 fully saturated rings. The van der Waals surface area contributed by atoms with Crippen molar-refractivity contribution < 1.29 is 13.2 Å². The maximum atomic E-state index is 12.2. The van der Waals surface area contributed by atoms with E-state index in [9.17, 15) is 13.2 Å². The zero-order valence-electron chi connectivity index (χ0n) is 7.40. The number of nitrogens with zero attached hydrogens (tertiary/aromatic N) is 2. The molecule has 0 aromatic carbocycles. The Morgan fingerprint density at radius 3 is 2.50 bits per heavy atom. The predicted octanol–water partition coefficient (Wildman–Crippen LogP) is 3.10. The zero-order chi connectivity index (χ0) is 10.8. The average Bonchev–Trinajstić information content (AvgIpc) is 2.02. The lowest BCUT2D eigenvalue weighted by Crippen LogP contribution is -2.09. The van der Waals surface area contributed by atoms with E-state index in [-0.39, 0.29) is 0 Å². The van der Waals surface area contributed by atoms with Crippen LogP contribution in [-0.4, -0.2) is 9.97 Å². The summed E-state index contributed by atoms with van der Waals surface area (Å²) in [7, 11) is 0. The molecule has 1 aromatic heterocycles. The summed E-state index contributed by atoms with van der Waals surface area (Å²) in [4.78, 5) is 7.14. The molecule has 78 valence electrons. The minimum atomic E-state index is -4.48. The summed E-state index contributed by atoms with van der Waals surface area (Å²) in [6.07, 6.45) is -2.47. The number of aryl methyl sites for hydroxylation is 1. The minimum absolute atomic E-state index is 0.338. The van der Waals surface area contributed by atoms with Crippen LogP contribution in [0.4, 0.5) is 13.2 Å². The van der Waals surface area contributed by atoms with E-state index in [2.05, 4.69) is 9.97 Å². The Morgan fingerprint density at radius 2 is 2.07 bits per heavy atom. The molecule has 0 aliphatic carbocycles. The van der Waals surface area contributed by atoms with E-state index >= 15 is 0 Å². The predicted molar refractivity (Wildman–Crippen MR) is 46.0 cm³/mol. The average molecular weight is 225 g/mol. The van der Waals surface area contributed by atoms with Gasteiger partial charge in [0.05, 0.1) is 0 Å². The van der Waals surface area contributed by atoms with Gasteiger partial charge in [-0.25, -0.2) is 9.97 Å². The van der Waals surface area contributed by atoms with E-state index in [0.717, 1.165) is 12.6 Å². The van der Waals surface area contributed by atoms with Crippen LogP contribution in [0.1, 0.15) is 24.7 Å². The maximum Gasteiger partial charge on any atom is 0.420 e. The standard InChI is InChI=1S/C8H8ClF3N2/c1-2-3-6-13-4-5(7(9)14-6)8(10,11)12/h4H,2-3H2,1H3. The molecule has 6 heteroatoms. The van der Waals surface area contributed by atoms with Gasteiger partial charge in [0.15, 0.2) is 0 Å². The van der Waals surface area contributed by atoms with Gasteiger partial charge in [0, 0.05) is 12.6 Å². The molecule has 0 amide bonds. The first kappa shape index (κ1) is 11.2. The van der Waals surface area contributed by atoms with E-state index in [4.69, 9.17) is 11.6 Å². The summed E-state index contributed by atoms with van der Waals surface area (Å²) in [5, 5.41) is -0.532. The Bertz CT molecular complexity index is 325. The second-order valence-corrected chi connectivity index (χ2v) is 3.10. The van der Waals surface area contributed by atoms with E-state index < -0.39 is 16.9 Å². The molecule has 0 radical (unpaired) electrons. The molecule has 0 N–H and O–H groups in total. The van der Waals surface area contributed by atoms with E-state index in [1.807, 2.05) is 6.92 Å². The van der Waals surface area contributed by atoms with E-state index in [1.165, 1.54) is 0 Å². The number of rotatable bonds is 2. The van der Waals surface area contributed by atoms with E-state index in [1.54, 1.807) is 0 Å². The highest BCUT2D eigenvalue weighted by atomic mass is 35.5. The van der Waals surface area contributed by atoms with Crippen LogP contribution in [0.3, 0.4) is 0 Å². The topological polar surface area (TPSA) is 25.8 Å². The Hall–Kier alpha value is -0.840. The molecule has 0 unspecified atom stereocenters. The molecular weight excluding hydrogens is 217 g/mol. The van der Waals surface area contributed by atoms with Crippen LogP contribution in [0, 0.1) is 0 Å². The van der Waals surface area contributed by atoms with Crippen LogP contribution in [0.25, 0.3) is 0 Å². The molecule has 1 aromatic rings. The fraction of sp³-hybridized carbons (Fsp3) is 0.500. The molecule has 0 bridgehead atoms. The molecule has 1 heterocycles. The molecule has 0 saturated heterocycles. The third kappa shape index (κ3) is 2.57. The third-order valence-electron chi connectivity index (χ3n) is 1.57. The second kappa shape index (κ2) is 4.13. The lowest BCUT2D eigenvalue weighted by molar-refractivity contribution is -0.138. The van der Waals surface area contributed by atoms with Crippen molar-refractivity contribution in [1.82, 2.24) is 9.97 Å². The lowest BCUT2D eigenvalue weighted by atomic mass is 10.3. The van der Waals surface area contributed by atoms with Gasteiger partial charge in [0.2, 0.25) is 0 Å². The van der Waals surface area contributed by atoms with Crippen molar-refractivity contribution >= 4 is 11.6 Å². The first-order chi connectivity index (χ1) is 6.45. The Balaban J connectivity index is 3.02. The summed E-state index contributed by atoms with van der Waals surface area (Å²) in [5.74, 6) is 0.338. The fourth-order valence-corrected chi connectivity index (χ4v) is 1.18. The maximum absolute atomic E-state index is 12.2. The quantitative estimate of drug-likeness (QED) is 0.722. The van der Waals surface area contributed by atoms with Gasteiger partial charge in [0.1, 0.15) is 16.5 Å². The number of aromatic nitrogens is 2. The molecule has 0 aliphatic rings. The van der Waals surface area contributed by atoms with Gasteiger partial charge >= 0.3 is 6.18 Å². The Morgan fingerprint density at radius 1 is 1.43 bits per heavy atom. The second-order valence-electron chi connectivity index (χ2n) is 2.74. The summed E-state index contributed by atoms with van der Waals surface area (Å²) in [5.41, 5.74) is -0.987. The van der Waals surface area contributed by atoms with Crippen molar-refractivity contribution in [3.8, 4) is 0 Å². The Kier molecular flexibility index (Phi) is 3.31. The third-order valence-corrected chi connectivity index (χ3v) is 1.86. The van der Waals surface area contributed by atoms with Crippen LogP contribution >= 0.6 is 11.6 Å². The van der Waals surface area contributed by atoms with Crippen molar-refractivity contribution in [2.45, 2.75) is 25.9 Å². The van der Waals surface area contributed by atoms with Gasteiger partial charge in [-0.2, -0.15) is 13.2 Å². The molecule has 0 aliphatic heterocycles. The lowest BCUT2D eigenvalue weighted by Gasteiger charge is -2.07. The summed E-state index contributed by atoms with van der Waals surface area (Å²) < 4.78 is 36.6.